The average Bonchev–Trinajstić information content (AvgIpc) is 2.32. The van der Waals surface area contributed by atoms with Crippen molar-refractivity contribution < 1.29 is 14.7 Å². The van der Waals surface area contributed by atoms with Gasteiger partial charge in [-0.25, -0.2) is 0 Å². The summed E-state index contributed by atoms with van der Waals surface area (Å²) in [5, 5.41) is 13.3. The SMILES string of the molecule is CCCCNC.NCC(N)C(=O)NCC(=O)O. The van der Waals surface area contributed by atoms with Gasteiger partial charge in [0.25, 0.3) is 0 Å². The lowest BCUT2D eigenvalue weighted by Gasteiger charge is -2.06. The second kappa shape index (κ2) is 12.9. The van der Waals surface area contributed by atoms with Crippen molar-refractivity contribution in [2.75, 3.05) is 26.7 Å². The number of nitrogens with one attached hydrogen (secondary N) is 2. The highest BCUT2D eigenvalue weighted by Crippen LogP contribution is 1.79. The lowest BCUT2D eigenvalue weighted by atomic mass is 10.3. The minimum absolute atomic E-state index is 0.00541. The van der Waals surface area contributed by atoms with Crippen molar-refractivity contribution in [2.24, 2.45) is 11.5 Å². The highest BCUT2D eigenvalue weighted by atomic mass is 16.4. The van der Waals surface area contributed by atoms with Crippen LogP contribution in [-0.2, 0) is 9.59 Å². The molecular formula is C10H24N4O3. The van der Waals surface area contributed by atoms with Crippen LogP contribution in [0.5, 0.6) is 0 Å². The number of unbranched alkanes of at least 4 members (excludes halogenated alkanes) is 1. The molecule has 17 heavy (non-hydrogen) atoms. The van der Waals surface area contributed by atoms with Crippen LogP contribution in [0.1, 0.15) is 19.8 Å². The van der Waals surface area contributed by atoms with Gasteiger partial charge in [0.05, 0.1) is 6.04 Å². The van der Waals surface area contributed by atoms with E-state index in [1.165, 1.54) is 12.8 Å². The van der Waals surface area contributed by atoms with Gasteiger partial charge in [-0.2, -0.15) is 0 Å². The van der Waals surface area contributed by atoms with E-state index in [-0.39, 0.29) is 6.54 Å². The molecule has 1 amide bonds. The van der Waals surface area contributed by atoms with Crippen LogP contribution in [0.3, 0.4) is 0 Å². The number of hydrogen-bond acceptors (Lipinski definition) is 5. The average molecular weight is 248 g/mol. The summed E-state index contributed by atoms with van der Waals surface area (Å²) >= 11 is 0. The van der Waals surface area contributed by atoms with Crippen molar-refractivity contribution in [3.63, 3.8) is 0 Å². The van der Waals surface area contributed by atoms with E-state index in [0.29, 0.717) is 0 Å². The van der Waals surface area contributed by atoms with Gasteiger partial charge in [-0.3, -0.25) is 9.59 Å². The molecule has 0 fully saturated rings. The minimum Gasteiger partial charge on any atom is -0.480 e. The molecule has 7 nitrogen and oxygen atoms in total. The summed E-state index contributed by atoms with van der Waals surface area (Å²) in [6, 6.07) is -0.825. The Bertz CT molecular complexity index is 208. The van der Waals surface area contributed by atoms with Gasteiger partial charge in [-0.05, 0) is 20.0 Å². The molecule has 0 heterocycles. The molecule has 0 spiro atoms. The number of nitrogens with two attached hydrogens (primary N) is 2. The number of carbonyl (C=O) groups excluding carboxylic acids is 1. The van der Waals surface area contributed by atoms with E-state index in [1.807, 2.05) is 7.05 Å². The largest absolute Gasteiger partial charge is 0.480 e. The molecule has 102 valence electrons. The Morgan fingerprint density at radius 3 is 2.29 bits per heavy atom. The normalized spacial score (nSPS) is 11.1. The Labute approximate surface area is 102 Å². The molecule has 7 N–H and O–H groups in total. The van der Waals surface area contributed by atoms with Gasteiger partial charge >= 0.3 is 5.97 Å². The third kappa shape index (κ3) is 14.8. The predicted molar refractivity (Wildman–Crippen MR) is 66.5 cm³/mol. The Morgan fingerprint density at radius 2 is 2.00 bits per heavy atom. The van der Waals surface area contributed by atoms with Crippen molar-refractivity contribution in [1.29, 1.82) is 0 Å². The van der Waals surface area contributed by atoms with E-state index >= 15 is 0 Å². The summed E-state index contributed by atoms with van der Waals surface area (Å²) < 4.78 is 0. The van der Waals surface area contributed by atoms with Crippen LogP contribution < -0.4 is 22.1 Å². The first-order valence-corrected chi connectivity index (χ1v) is 5.59. The van der Waals surface area contributed by atoms with Crippen molar-refractivity contribution in [3.05, 3.63) is 0 Å². The summed E-state index contributed by atoms with van der Waals surface area (Å²) in [5.74, 6) is -1.66. The zero-order chi connectivity index (χ0) is 13.7. The zero-order valence-electron chi connectivity index (χ0n) is 10.5. The second-order valence-electron chi connectivity index (χ2n) is 3.41. The number of carboxylic acid groups (broad SMARTS) is 1. The molecule has 0 aromatic rings. The molecule has 0 radical (unpaired) electrons. The molecule has 0 saturated heterocycles. The number of carbonyl (C=O) groups is 2. The van der Waals surface area contributed by atoms with Crippen molar-refractivity contribution in [1.82, 2.24) is 10.6 Å². The number of carboxylic acids is 1. The number of rotatable bonds is 7. The van der Waals surface area contributed by atoms with E-state index in [9.17, 15) is 9.59 Å². The zero-order valence-corrected chi connectivity index (χ0v) is 10.5. The third-order valence-corrected chi connectivity index (χ3v) is 1.78. The smallest absolute Gasteiger partial charge is 0.322 e. The fourth-order valence-electron chi connectivity index (χ4n) is 0.754. The highest BCUT2D eigenvalue weighted by molar-refractivity contribution is 5.85. The fourth-order valence-corrected chi connectivity index (χ4v) is 0.754. The van der Waals surface area contributed by atoms with Gasteiger partial charge in [-0.15, -0.1) is 0 Å². The molecule has 0 aliphatic heterocycles. The van der Waals surface area contributed by atoms with E-state index < -0.39 is 24.5 Å². The fraction of sp³-hybridized carbons (Fsp3) is 0.800. The Kier molecular flexibility index (Phi) is 13.8. The molecule has 0 aliphatic rings. The van der Waals surface area contributed by atoms with Crippen LogP contribution in [-0.4, -0.2) is 49.7 Å². The highest BCUT2D eigenvalue weighted by Gasteiger charge is 2.10. The van der Waals surface area contributed by atoms with E-state index in [1.54, 1.807) is 0 Å². The quantitative estimate of drug-likeness (QED) is 0.348. The number of amides is 1. The summed E-state index contributed by atoms with van der Waals surface area (Å²) in [4.78, 5) is 20.6. The monoisotopic (exact) mass is 248 g/mol. The van der Waals surface area contributed by atoms with Crippen molar-refractivity contribution in [2.45, 2.75) is 25.8 Å². The van der Waals surface area contributed by atoms with Gasteiger partial charge in [0.2, 0.25) is 5.91 Å². The first kappa shape index (κ1) is 18.2. The van der Waals surface area contributed by atoms with Crippen LogP contribution in [0.15, 0.2) is 0 Å². The van der Waals surface area contributed by atoms with Crippen LogP contribution in [0, 0.1) is 0 Å². The molecule has 0 aromatic heterocycles. The topological polar surface area (TPSA) is 130 Å². The Morgan fingerprint density at radius 1 is 1.41 bits per heavy atom. The van der Waals surface area contributed by atoms with Gasteiger partial charge in [0, 0.05) is 6.54 Å². The molecule has 7 heteroatoms. The molecule has 0 saturated carbocycles. The summed E-state index contributed by atoms with van der Waals surface area (Å²) in [6.45, 7) is 2.94. The molecular weight excluding hydrogens is 224 g/mol. The lowest BCUT2D eigenvalue weighted by molar-refractivity contribution is -0.138. The Balaban J connectivity index is 0. The third-order valence-electron chi connectivity index (χ3n) is 1.78. The summed E-state index contributed by atoms with van der Waals surface area (Å²) in [5.41, 5.74) is 10.2. The molecule has 1 unspecified atom stereocenters. The van der Waals surface area contributed by atoms with Crippen LogP contribution in [0.25, 0.3) is 0 Å². The standard InChI is InChI=1S/C5H11N3O3.C5H13N/c6-1-3(7)5(11)8-2-4(9)10;1-3-4-5-6-2/h3H,1-2,6-7H2,(H,8,11)(H,9,10);6H,3-5H2,1-2H3. The molecule has 0 bridgehead atoms. The molecule has 0 aromatic carbocycles. The molecule has 0 rings (SSSR count). The van der Waals surface area contributed by atoms with Gasteiger partial charge < -0.3 is 27.2 Å². The molecule has 0 aliphatic carbocycles. The molecule has 1 atom stereocenters. The van der Waals surface area contributed by atoms with E-state index in [2.05, 4.69) is 17.6 Å². The maximum atomic E-state index is 10.7. The van der Waals surface area contributed by atoms with Gasteiger partial charge in [0.1, 0.15) is 6.54 Å². The lowest BCUT2D eigenvalue weighted by Crippen LogP contribution is -2.46. The van der Waals surface area contributed by atoms with E-state index in [4.69, 9.17) is 16.6 Å². The van der Waals surface area contributed by atoms with Crippen molar-refractivity contribution in [3.8, 4) is 0 Å². The Hall–Kier alpha value is -1.18. The first-order chi connectivity index (χ1) is 7.99. The summed E-state index contributed by atoms with van der Waals surface area (Å²) in [6.07, 6.45) is 2.59. The van der Waals surface area contributed by atoms with Crippen LogP contribution >= 0.6 is 0 Å². The van der Waals surface area contributed by atoms with Crippen LogP contribution in [0.2, 0.25) is 0 Å². The predicted octanol–water partition coefficient (Wildman–Crippen LogP) is -1.52. The summed E-state index contributed by atoms with van der Waals surface area (Å²) in [7, 11) is 1.98. The minimum atomic E-state index is -1.11. The number of hydrogen-bond donors (Lipinski definition) is 5. The van der Waals surface area contributed by atoms with Crippen molar-refractivity contribution >= 4 is 11.9 Å². The van der Waals surface area contributed by atoms with E-state index in [0.717, 1.165) is 6.54 Å². The maximum absolute atomic E-state index is 10.7. The maximum Gasteiger partial charge on any atom is 0.322 e. The number of aliphatic carboxylic acids is 1. The second-order valence-corrected chi connectivity index (χ2v) is 3.41. The first-order valence-electron chi connectivity index (χ1n) is 5.59. The van der Waals surface area contributed by atoms with Gasteiger partial charge in [-0.1, -0.05) is 13.3 Å². The van der Waals surface area contributed by atoms with Gasteiger partial charge in [0.15, 0.2) is 0 Å². The van der Waals surface area contributed by atoms with Crippen LogP contribution in [0.4, 0.5) is 0 Å².